The van der Waals surface area contributed by atoms with Gasteiger partial charge >= 0.3 is 0 Å². The minimum absolute atomic E-state index is 1.24. The smallest absolute Gasteiger partial charge is 0.0207 e. The summed E-state index contributed by atoms with van der Waals surface area (Å²) in [5.41, 5.74) is 7.72. The number of hydrogen-bond donors (Lipinski definition) is 0. The van der Waals surface area contributed by atoms with E-state index < -0.39 is 0 Å². The van der Waals surface area contributed by atoms with Gasteiger partial charge in [0.05, 0.1) is 0 Å². The largest absolute Gasteiger partial charge is 0.0888 e. The Morgan fingerprint density at radius 3 is 1.87 bits per heavy atom. The van der Waals surface area contributed by atoms with Crippen molar-refractivity contribution >= 4 is 65.6 Å². The summed E-state index contributed by atoms with van der Waals surface area (Å²) >= 11 is 1.88. The molecule has 0 unspecified atom stereocenters. The molecule has 0 amide bonds. The second-order valence-electron chi connectivity index (χ2n) is 12.1. The lowest BCUT2D eigenvalue weighted by molar-refractivity contribution is 1.40. The fraction of sp³-hybridized carbons (Fsp3) is 0. The highest BCUT2D eigenvalue weighted by Crippen LogP contribution is 2.49. The van der Waals surface area contributed by atoms with Crippen molar-refractivity contribution in [3.05, 3.63) is 158 Å². The standard InChI is InChI=1S/C44H26S/c1-3-13-33-27(8-1)10-5-15-35(33)44-37-22-20-28-9-2-4-14-34(28)39(37)26-32-19-18-30(24-38(32)44)31-21-23-41-40(25-31)36-16-6-11-29-12-7-17-42(45-41)43(29)36/h1-26H. The first-order valence-corrected chi connectivity index (χ1v) is 16.3. The van der Waals surface area contributed by atoms with Crippen LogP contribution < -0.4 is 0 Å². The molecule has 1 heterocycles. The third-order valence-corrected chi connectivity index (χ3v) is 10.7. The van der Waals surface area contributed by atoms with Crippen molar-refractivity contribution in [3.63, 3.8) is 0 Å². The van der Waals surface area contributed by atoms with Gasteiger partial charge in [-0.1, -0.05) is 139 Å². The molecular formula is C44H26S. The van der Waals surface area contributed by atoms with Crippen LogP contribution in [0.3, 0.4) is 0 Å². The molecule has 1 heteroatoms. The molecule has 0 radical (unpaired) electrons. The molecule has 0 nitrogen and oxygen atoms in total. The Labute approximate surface area is 265 Å². The van der Waals surface area contributed by atoms with Crippen molar-refractivity contribution in [2.45, 2.75) is 9.79 Å². The minimum Gasteiger partial charge on any atom is -0.0888 e. The lowest BCUT2D eigenvalue weighted by Crippen LogP contribution is -1.93. The predicted octanol–water partition coefficient (Wildman–Crippen LogP) is 12.9. The second kappa shape index (κ2) is 9.56. The normalized spacial score (nSPS) is 12.4. The van der Waals surface area contributed by atoms with E-state index in [0.717, 1.165) is 0 Å². The molecule has 1 aliphatic heterocycles. The number of rotatable bonds is 2. The van der Waals surface area contributed by atoms with Gasteiger partial charge in [-0.25, -0.2) is 0 Å². The average Bonchev–Trinajstić information content (AvgIpc) is 3.10. The van der Waals surface area contributed by atoms with Gasteiger partial charge in [-0.3, -0.25) is 0 Å². The maximum atomic E-state index is 2.42. The highest BCUT2D eigenvalue weighted by atomic mass is 32.2. The molecule has 9 aromatic rings. The van der Waals surface area contributed by atoms with E-state index in [1.807, 2.05) is 11.8 Å². The molecule has 9 aromatic carbocycles. The summed E-state index contributed by atoms with van der Waals surface area (Å²) in [6.45, 7) is 0. The Balaban J connectivity index is 1.26. The van der Waals surface area contributed by atoms with Crippen LogP contribution in [-0.2, 0) is 0 Å². The van der Waals surface area contributed by atoms with Gasteiger partial charge in [-0.05, 0) is 112 Å². The summed E-state index contributed by atoms with van der Waals surface area (Å²) in [7, 11) is 0. The van der Waals surface area contributed by atoms with Crippen molar-refractivity contribution in [2.24, 2.45) is 0 Å². The Morgan fingerprint density at radius 2 is 0.978 bits per heavy atom. The number of hydrogen-bond acceptors (Lipinski definition) is 1. The van der Waals surface area contributed by atoms with Crippen LogP contribution in [0.25, 0.3) is 87.2 Å². The molecule has 1 aliphatic rings. The molecule has 0 N–H and O–H groups in total. The maximum absolute atomic E-state index is 2.42. The average molecular weight is 587 g/mol. The van der Waals surface area contributed by atoms with Crippen LogP contribution >= 0.6 is 11.8 Å². The molecule has 0 saturated heterocycles. The van der Waals surface area contributed by atoms with Gasteiger partial charge in [0.15, 0.2) is 0 Å². The van der Waals surface area contributed by atoms with Gasteiger partial charge in [-0.2, -0.15) is 0 Å². The van der Waals surface area contributed by atoms with E-state index in [-0.39, 0.29) is 0 Å². The summed E-state index contributed by atoms with van der Waals surface area (Å²) in [4.78, 5) is 2.66. The van der Waals surface area contributed by atoms with Crippen molar-refractivity contribution in [2.75, 3.05) is 0 Å². The number of fused-ring (bicyclic) bond motifs is 7. The predicted molar refractivity (Wildman–Crippen MR) is 194 cm³/mol. The van der Waals surface area contributed by atoms with Gasteiger partial charge in [0.1, 0.15) is 0 Å². The third-order valence-electron chi connectivity index (χ3n) is 9.61. The van der Waals surface area contributed by atoms with Crippen LogP contribution in [0.5, 0.6) is 0 Å². The van der Waals surface area contributed by atoms with Gasteiger partial charge < -0.3 is 0 Å². The van der Waals surface area contributed by atoms with E-state index in [2.05, 4.69) is 158 Å². The maximum Gasteiger partial charge on any atom is 0.0207 e. The fourth-order valence-corrected chi connectivity index (χ4v) is 8.65. The van der Waals surface area contributed by atoms with Gasteiger partial charge in [-0.15, -0.1) is 0 Å². The minimum atomic E-state index is 1.24. The van der Waals surface area contributed by atoms with Crippen LogP contribution in [0.15, 0.2) is 168 Å². The van der Waals surface area contributed by atoms with Gasteiger partial charge in [0.2, 0.25) is 0 Å². The molecule has 0 saturated carbocycles. The molecule has 0 fully saturated rings. The van der Waals surface area contributed by atoms with E-state index in [4.69, 9.17) is 0 Å². The third kappa shape index (κ3) is 3.75. The van der Waals surface area contributed by atoms with E-state index in [0.29, 0.717) is 0 Å². The van der Waals surface area contributed by atoms with Crippen molar-refractivity contribution < 1.29 is 0 Å². The topological polar surface area (TPSA) is 0 Å². The Bertz CT molecular complexity index is 2670. The van der Waals surface area contributed by atoms with Crippen molar-refractivity contribution in [1.82, 2.24) is 0 Å². The van der Waals surface area contributed by atoms with Crippen LogP contribution in [0.4, 0.5) is 0 Å². The lowest BCUT2D eigenvalue weighted by atomic mass is 9.86. The van der Waals surface area contributed by atoms with Crippen molar-refractivity contribution in [1.29, 1.82) is 0 Å². The fourth-order valence-electron chi connectivity index (χ4n) is 7.53. The molecular weight excluding hydrogens is 561 g/mol. The van der Waals surface area contributed by atoms with Crippen LogP contribution in [-0.4, -0.2) is 0 Å². The Kier molecular flexibility index (Phi) is 5.31. The molecule has 10 rings (SSSR count). The summed E-state index contributed by atoms with van der Waals surface area (Å²) in [6, 6.07) is 58.7. The van der Waals surface area contributed by atoms with Crippen molar-refractivity contribution in [3.8, 4) is 33.4 Å². The molecule has 0 bridgehead atoms. The second-order valence-corrected chi connectivity index (χ2v) is 13.2. The molecule has 0 atom stereocenters. The summed E-state index contributed by atoms with van der Waals surface area (Å²) < 4.78 is 0. The lowest BCUT2D eigenvalue weighted by Gasteiger charge is -2.21. The summed E-state index contributed by atoms with van der Waals surface area (Å²) in [6.07, 6.45) is 0. The zero-order valence-electron chi connectivity index (χ0n) is 24.4. The quantitative estimate of drug-likeness (QED) is 0.143. The van der Waals surface area contributed by atoms with Crippen LogP contribution in [0.2, 0.25) is 0 Å². The summed E-state index contributed by atoms with van der Waals surface area (Å²) in [5, 5.41) is 12.9. The van der Waals surface area contributed by atoms with Gasteiger partial charge in [0.25, 0.3) is 0 Å². The molecule has 0 aliphatic carbocycles. The van der Waals surface area contributed by atoms with E-state index in [1.165, 1.54) is 97.0 Å². The molecule has 0 aromatic heterocycles. The zero-order chi connectivity index (χ0) is 29.5. The Morgan fingerprint density at radius 1 is 0.311 bits per heavy atom. The Hall–Kier alpha value is -5.37. The summed E-state index contributed by atoms with van der Waals surface area (Å²) in [5.74, 6) is 0. The van der Waals surface area contributed by atoms with Gasteiger partial charge in [0, 0.05) is 15.2 Å². The highest BCUT2D eigenvalue weighted by molar-refractivity contribution is 7.99. The van der Waals surface area contributed by atoms with E-state index in [9.17, 15) is 0 Å². The zero-order valence-corrected chi connectivity index (χ0v) is 25.2. The molecule has 208 valence electrons. The van der Waals surface area contributed by atoms with Crippen LogP contribution in [0, 0.1) is 0 Å². The SMILES string of the molecule is c1ccc2c(-c3c4cc(-c5ccc6c(c5)-c5cccc7cccc(c57)S6)ccc4cc4c3ccc3ccccc34)cccc2c1. The van der Waals surface area contributed by atoms with E-state index in [1.54, 1.807) is 0 Å². The first-order valence-electron chi connectivity index (χ1n) is 15.5. The monoisotopic (exact) mass is 586 g/mol. The molecule has 0 spiro atoms. The first kappa shape index (κ1) is 25.0. The first-order chi connectivity index (χ1) is 22.3. The highest BCUT2D eigenvalue weighted by Gasteiger charge is 2.20. The van der Waals surface area contributed by atoms with Crippen LogP contribution in [0.1, 0.15) is 0 Å². The molecule has 45 heavy (non-hydrogen) atoms. The van der Waals surface area contributed by atoms with E-state index >= 15 is 0 Å². The number of benzene rings is 9.